The molecule has 0 radical (unpaired) electrons. The number of rotatable bonds is 5. The molecule has 0 spiro atoms. The molecule has 2 nitrogen and oxygen atoms in total. The van der Waals surface area contributed by atoms with Crippen LogP contribution in [-0.2, 0) is 6.42 Å². The molecule has 0 saturated heterocycles. The molecule has 0 saturated carbocycles. The Labute approximate surface area is 108 Å². The number of aryl methyl sites for hydroxylation is 2. The molecule has 3 heteroatoms. The lowest BCUT2D eigenvalue weighted by Gasteiger charge is -2.08. The third-order valence-electron chi connectivity index (χ3n) is 2.50. The number of hydrogen-bond donors (Lipinski definition) is 0. The second-order valence-corrected chi connectivity index (χ2v) is 4.66. The SMILES string of the molecule is C=Cc1nc(CCCC)nc(C)c1/C=C(\C)Cl. The fourth-order valence-electron chi connectivity index (χ4n) is 1.64. The molecular weight excluding hydrogens is 232 g/mol. The van der Waals surface area contributed by atoms with Crippen LogP contribution in [0, 0.1) is 6.92 Å². The molecular formula is C14H19ClN2. The van der Waals surface area contributed by atoms with Gasteiger partial charge in [0.15, 0.2) is 0 Å². The molecule has 1 aromatic rings. The first-order valence-corrected chi connectivity index (χ1v) is 6.30. The third-order valence-corrected chi connectivity index (χ3v) is 2.61. The van der Waals surface area contributed by atoms with E-state index >= 15 is 0 Å². The molecule has 0 aromatic carbocycles. The summed E-state index contributed by atoms with van der Waals surface area (Å²) in [5.74, 6) is 0.892. The molecule has 17 heavy (non-hydrogen) atoms. The average molecular weight is 251 g/mol. The summed E-state index contributed by atoms with van der Waals surface area (Å²) in [4.78, 5) is 9.02. The summed E-state index contributed by atoms with van der Waals surface area (Å²) < 4.78 is 0. The van der Waals surface area contributed by atoms with Crippen molar-refractivity contribution in [2.24, 2.45) is 0 Å². The molecule has 0 N–H and O–H groups in total. The number of allylic oxidation sites excluding steroid dienone is 1. The Morgan fingerprint density at radius 1 is 1.41 bits per heavy atom. The molecule has 1 heterocycles. The quantitative estimate of drug-likeness (QED) is 0.776. The maximum atomic E-state index is 5.91. The number of aromatic nitrogens is 2. The van der Waals surface area contributed by atoms with Gasteiger partial charge in [-0.05, 0) is 32.4 Å². The zero-order valence-corrected chi connectivity index (χ0v) is 11.5. The van der Waals surface area contributed by atoms with E-state index in [1.165, 1.54) is 0 Å². The molecule has 92 valence electrons. The van der Waals surface area contributed by atoms with Gasteiger partial charge < -0.3 is 0 Å². The summed E-state index contributed by atoms with van der Waals surface area (Å²) in [5, 5.41) is 0.723. The molecule has 0 amide bonds. The highest BCUT2D eigenvalue weighted by atomic mass is 35.5. The van der Waals surface area contributed by atoms with Crippen LogP contribution in [0.3, 0.4) is 0 Å². The molecule has 0 bridgehead atoms. The van der Waals surface area contributed by atoms with Crippen LogP contribution < -0.4 is 0 Å². The molecule has 1 aromatic heterocycles. The van der Waals surface area contributed by atoms with E-state index in [9.17, 15) is 0 Å². The third kappa shape index (κ3) is 3.97. The zero-order valence-electron chi connectivity index (χ0n) is 10.8. The number of halogens is 1. The lowest BCUT2D eigenvalue weighted by molar-refractivity contribution is 0.746. The monoisotopic (exact) mass is 250 g/mol. The topological polar surface area (TPSA) is 25.8 Å². The number of nitrogens with zero attached hydrogens (tertiary/aromatic N) is 2. The molecule has 0 aliphatic carbocycles. The number of hydrogen-bond acceptors (Lipinski definition) is 2. The van der Waals surface area contributed by atoms with Crippen molar-refractivity contribution in [3.05, 3.63) is 34.4 Å². The van der Waals surface area contributed by atoms with Crippen molar-refractivity contribution < 1.29 is 0 Å². The molecule has 0 fully saturated rings. The fraction of sp³-hybridized carbons (Fsp3) is 0.429. The van der Waals surface area contributed by atoms with Crippen LogP contribution in [0.4, 0.5) is 0 Å². The minimum absolute atomic E-state index is 0.723. The fourth-order valence-corrected chi connectivity index (χ4v) is 1.75. The van der Waals surface area contributed by atoms with Crippen molar-refractivity contribution in [3.8, 4) is 0 Å². The Kier molecular flexibility index (Phi) is 5.36. The van der Waals surface area contributed by atoms with Gasteiger partial charge in [-0.1, -0.05) is 31.5 Å². The highest BCUT2D eigenvalue weighted by molar-refractivity contribution is 6.31. The van der Waals surface area contributed by atoms with E-state index in [4.69, 9.17) is 11.6 Å². The van der Waals surface area contributed by atoms with Crippen molar-refractivity contribution in [3.63, 3.8) is 0 Å². The largest absolute Gasteiger partial charge is 0.238 e. The Balaban J connectivity index is 3.16. The van der Waals surface area contributed by atoms with Crippen LogP contribution in [0.1, 0.15) is 49.5 Å². The Morgan fingerprint density at radius 3 is 2.65 bits per heavy atom. The van der Waals surface area contributed by atoms with Crippen molar-refractivity contribution in [2.75, 3.05) is 0 Å². The Hall–Kier alpha value is -1.15. The highest BCUT2D eigenvalue weighted by Gasteiger charge is 2.07. The second kappa shape index (κ2) is 6.55. The molecule has 0 aliphatic rings. The summed E-state index contributed by atoms with van der Waals surface area (Å²) in [7, 11) is 0. The smallest absolute Gasteiger partial charge is 0.129 e. The van der Waals surface area contributed by atoms with Gasteiger partial charge in [-0.15, -0.1) is 0 Å². The minimum Gasteiger partial charge on any atom is -0.238 e. The first kappa shape index (κ1) is 13.9. The highest BCUT2D eigenvalue weighted by Crippen LogP contribution is 2.18. The van der Waals surface area contributed by atoms with E-state index in [1.54, 1.807) is 6.08 Å². The van der Waals surface area contributed by atoms with Gasteiger partial charge in [0.25, 0.3) is 0 Å². The van der Waals surface area contributed by atoms with Gasteiger partial charge in [0, 0.05) is 22.7 Å². The maximum absolute atomic E-state index is 5.91. The van der Waals surface area contributed by atoms with E-state index in [-0.39, 0.29) is 0 Å². The predicted octanol–water partition coefficient (Wildman–Crippen LogP) is 4.37. The van der Waals surface area contributed by atoms with Crippen LogP contribution >= 0.6 is 11.6 Å². The average Bonchev–Trinajstić information content (AvgIpc) is 2.28. The summed E-state index contributed by atoms with van der Waals surface area (Å²) in [6.07, 6.45) is 6.82. The Bertz CT molecular complexity index is 432. The normalized spacial score (nSPS) is 11.6. The van der Waals surface area contributed by atoms with Crippen LogP contribution in [0.15, 0.2) is 11.6 Å². The van der Waals surface area contributed by atoms with Gasteiger partial charge in [-0.3, -0.25) is 0 Å². The van der Waals surface area contributed by atoms with Crippen LogP contribution in [0.2, 0.25) is 0 Å². The van der Waals surface area contributed by atoms with Crippen molar-refractivity contribution in [1.82, 2.24) is 9.97 Å². The van der Waals surface area contributed by atoms with Crippen molar-refractivity contribution >= 4 is 23.8 Å². The molecule has 0 aliphatic heterocycles. The van der Waals surface area contributed by atoms with Gasteiger partial charge in [-0.2, -0.15) is 0 Å². The van der Waals surface area contributed by atoms with E-state index in [0.717, 1.165) is 47.1 Å². The number of unbranched alkanes of at least 4 members (excludes halogenated alkanes) is 1. The summed E-state index contributed by atoms with van der Waals surface area (Å²) >= 11 is 5.91. The van der Waals surface area contributed by atoms with E-state index in [0.29, 0.717) is 0 Å². The van der Waals surface area contributed by atoms with E-state index in [1.807, 2.05) is 19.9 Å². The van der Waals surface area contributed by atoms with E-state index < -0.39 is 0 Å². The summed E-state index contributed by atoms with van der Waals surface area (Å²) in [6, 6.07) is 0. The standard InChI is InChI=1S/C14H19ClN2/c1-5-7-8-14-16-11(4)12(9-10(3)15)13(6-2)17-14/h6,9H,2,5,7-8H2,1,3-4H3/b10-9+. The lowest BCUT2D eigenvalue weighted by Crippen LogP contribution is -2.03. The van der Waals surface area contributed by atoms with Crippen molar-refractivity contribution in [2.45, 2.75) is 40.0 Å². The van der Waals surface area contributed by atoms with E-state index in [2.05, 4.69) is 23.5 Å². The summed E-state index contributed by atoms with van der Waals surface area (Å²) in [5.41, 5.74) is 2.79. The Morgan fingerprint density at radius 2 is 2.12 bits per heavy atom. The van der Waals surface area contributed by atoms with Crippen molar-refractivity contribution in [1.29, 1.82) is 0 Å². The van der Waals surface area contributed by atoms with Gasteiger partial charge in [-0.25, -0.2) is 9.97 Å². The second-order valence-electron chi connectivity index (χ2n) is 4.06. The minimum atomic E-state index is 0.723. The predicted molar refractivity (Wildman–Crippen MR) is 75.0 cm³/mol. The van der Waals surface area contributed by atoms with Gasteiger partial charge >= 0.3 is 0 Å². The maximum Gasteiger partial charge on any atom is 0.129 e. The van der Waals surface area contributed by atoms with Crippen LogP contribution in [0.25, 0.3) is 12.2 Å². The lowest BCUT2D eigenvalue weighted by atomic mass is 10.1. The van der Waals surface area contributed by atoms with Crippen LogP contribution in [-0.4, -0.2) is 9.97 Å². The van der Waals surface area contributed by atoms with Gasteiger partial charge in [0.2, 0.25) is 0 Å². The van der Waals surface area contributed by atoms with Gasteiger partial charge in [0.05, 0.1) is 5.69 Å². The van der Waals surface area contributed by atoms with Gasteiger partial charge in [0.1, 0.15) is 5.82 Å². The molecule has 0 unspecified atom stereocenters. The first-order chi connectivity index (χ1) is 8.08. The van der Waals surface area contributed by atoms with Crippen LogP contribution in [0.5, 0.6) is 0 Å². The first-order valence-electron chi connectivity index (χ1n) is 5.92. The molecule has 1 rings (SSSR count). The molecule has 0 atom stereocenters. The summed E-state index contributed by atoms with van der Waals surface area (Å²) in [6.45, 7) is 9.79. The zero-order chi connectivity index (χ0) is 12.8.